The summed E-state index contributed by atoms with van der Waals surface area (Å²) in [6, 6.07) is 13.6. The molecule has 200 valence electrons. The van der Waals surface area contributed by atoms with Crippen LogP contribution in [0.1, 0.15) is 30.5 Å². The lowest BCUT2D eigenvalue weighted by Gasteiger charge is -2.23. The molecule has 3 heterocycles. The Bertz CT molecular complexity index is 1310. The lowest BCUT2D eigenvalue weighted by Crippen LogP contribution is -2.47. The van der Waals surface area contributed by atoms with Gasteiger partial charge in [0.25, 0.3) is 0 Å². The Hall–Kier alpha value is -4.42. The lowest BCUT2D eigenvalue weighted by atomic mass is 9.90. The van der Waals surface area contributed by atoms with Crippen LogP contribution in [0.25, 0.3) is 0 Å². The number of anilines is 3. The summed E-state index contributed by atoms with van der Waals surface area (Å²) in [5.74, 6) is -0.854. The van der Waals surface area contributed by atoms with E-state index in [0.29, 0.717) is 5.69 Å². The maximum atomic E-state index is 12.8. The van der Waals surface area contributed by atoms with Crippen LogP contribution in [0.3, 0.4) is 0 Å². The smallest absolute Gasteiger partial charge is 0.422 e. The predicted octanol–water partition coefficient (Wildman–Crippen LogP) is 3.44. The maximum absolute atomic E-state index is 12.8. The van der Waals surface area contributed by atoms with E-state index in [1.165, 1.54) is 0 Å². The number of hydrogen-bond acceptors (Lipinski definition) is 8. The van der Waals surface area contributed by atoms with E-state index in [2.05, 4.69) is 36.2 Å². The lowest BCUT2D eigenvalue weighted by molar-refractivity contribution is -0.154. The third-order valence-electron chi connectivity index (χ3n) is 5.67. The van der Waals surface area contributed by atoms with E-state index in [-0.39, 0.29) is 31.5 Å². The molecule has 0 aliphatic carbocycles. The van der Waals surface area contributed by atoms with Crippen LogP contribution in [-0.2, 0) is 29.2 Å². The first kappa shape index (κ1) is 26.6. The third-order valence-corrected chi connectivity index (χ3v) is 5.67. The van der Waals surface area contributed by atoms with Crippen molar-refractivity contribution in [2.24, 2.45) is 5.41 Å². The quantitative estimate of drug-likeness (QED) is 0.372. The number of rotatable bonds is 2. The molecule has 0 saturated carbocycles. The number of hydrogen-bond donors (Lipinski definition) is 4. The second-order valence-corrected chi connectivity index (χ2v) is 9.15. The van der Waals surface area contributed by atoms with Crippen molar-refractivity contribution in [3.8, 4) is 6.01 Å². The van der Waals surface area contributed by atoms with Gasteiger partial charge in [-0.1, -0.05) is 36.4 Å². The number of aromatic nitrogens is 3. The fourth-order valence-corrected chi connectivity index (χ4v) is 3.48. The molecule has 0 atom stereocenters. The average Bonchev–Trinajstić information content (AvgIpc) is 2.88. The first-order valence-corrected chi connectivity index (χ1v) is 11.7. The molecule has 0 saturated heterocycles. The first-order valence-electron chi connectivity index (χ1n) is 11.7. The molecule has 10 nitrogen and oxygen atoms in total. The molecule has 38 heavy (non-hydrogen) atoms. The van der Waals surface area contributed by atoms with Crippen LogP contribution >= 0.6 is 0 Å². The van der Waals surface area contributed by atoms with Crippen molar-refractivity contribution in [3.05, 3.63) is 65.2 Å². The largest absolute Gasteiger partial charge is 0.454 e. The number of fused-ring (bicyclic) bond motifs is 9. The summed E-state index contributed by atoms with van der Waals surface area (Å²) in [5.41, 5.74) is 1.60. The zero-order chi connectivity index (χ0) is 27.3. The van der Waals surface area contributed by atoms with Crippen LogP contribution in [0.5, 0.6) is 6.01 Å². The molecule has 0 unspecified atom stereocenters. The van der Waals surface area contributed by atoms with Crippen LogP contribution in [0, 0.1) is 5.41 Å². The van der Waals surface area contributed by atoms with Crippen molar-refractivity contribution in [2.45, 2.75) is 39.7 Å². The monoisotopic (exact) mass is 529 g/mol. The minimum atomic E-state index is -4.56. The zero-order valence-corrected chi connectivity index (χ0v) is 20.6. The molecule has 13 heteroatoms. The summed E-state index contributed by atoms with van der Waals surface area (Å²) in [6.45, 7) is 2.18. The second kappa shape index (κ2) is 10.9. The highest BCUT2D eigenvalue weighted by Crippen LogP contribution is 2.21. The van der Waals surface area contributed by atoms with Crippen LogP contribution in [0.2, 0.25) is 0 Å². The minimum Gasteiger partial charge on any atom is -0.454 e. The van der Waals surface area contributed by atoms with Crippen molar-refractivity contribution in [2.75, 3.05) is 17.2 Å². The Morgan fingerprint density at radius 1 is 0.816 bits per heavy atom. The van der Waals surface area contributed by atoms with Crippen LogP contribution in [0.4, 0.5) is 30.8 Å². The maximum Gasteiger partial charge on any atom is 0.422 e. The Morgan fingerprint density at radius 3 is 2.03 bits per heavy atom. The van der Waals surface area contributed by atoms with Gasteiger partial charge in [0.1, 0.15) is 5.41 Å². The van der Waals surface area contributed by atoms with E-state index in [0.717, 1.165) is 16.7 Å². The summed E-state index contributed by atoms with van der Waals surface area (Å²) in [4.78, 5) is 37.7. The van der Waals surface area contributed by atoms with Crippen LogP contribution in [0.15, 0.2) is 48.5 Å². The molecule has 3 aromatic rings. The van der Waals surface area contributed by atoms with Crippen molar-refractivity contribution in [1.82, 2.24) is 25.6 Å². The Kier molecular flexibility index (Phi) is 7.65. The molecule has 2 aliphatic rings. The fourth-order valence-electron chi connectivity index (χ4n) is 3.48. The molecular formula is C25H26F3N7O3. The van der Waals surface area contributed by atoms with Crippen molar-refractivity contribution < 1.29 is 27.5 Å². The number of carbonyl (C=O) groups is 2. The van der Waals surface area contributed by atoms with Gasteiger partial charge in [-0.15, -0.1) is 0 Å². The predicted molar refractivity (Wildman–Crippen MR) is 132 cm³/mol. The number of benzene rings is 2. The van der Waals surface area contributed by atoms with Gasteiger partial charge in [0.15, 0.2) is 6.61 Å². The van der Waals surface area contributed by atoms with Gasteiger partial charge in [-0.2, -0.15) is 28.1 Å². The standard InChI is InChI=1S/C25H26F3N7O3/c1-24(2)19(36)29-11-15-6-8-18(9-7-15)32-22-33-21(34-23(35-22)38-14-25(26,27)28)31-13-17-5-3-4-16(10-17)12-30-20(24)37/h3-10H,11-14H2,1-2H3,(H,29,36)(H,30,37)(H2,31,32,33,34,35). The molecule has 4 N–H and O–H groups in total. The summed E-state index contributed by atoms with van der Waals surface area (Å²) in [7, 11) is 0. The number of alkyl halides is 3. The fraction of sp³-hybridized carbons (Fsp3) is 0.320. The topological polar surface area (TPSA) is 130 Å². The van der Waals surface area contributed by atoms with Crippen molar-refractivity contribution >= 4 is 29.4 Å². The van der Waals surface area contributed by atoms with Gasteiger partial charge < -0.3 is 26.0 Å². The molecule has 2 amide bonds. The Balaban J connectivity index is 1.64. The number of ether oxygens (including phenoxy) is 1. The number of carbonyl (C=O) groups excluding carboxylic acids is 2. The summed E-state index contributed by atoms with van der Waals surface area (Å²) >= 11 is 0. The first-order chi connectivity index (χ1) is 18.0. The summed E-state index contributed by atoms with van der Waals surface area (Å²) < 4.78 is 42.9. The van der Waals surface area contributed by atoms with E-state index in [1.807, 2.05) is 18.2 Å². The molecule has 0 radical (unpaired) electrons. The highest BCUT2D eigenvalue weighted by molar-refractivity contribution is 6.04. The molecule has 6 bridgehead atoms. The number of nitrogens with one attached hydrogen (secondary N) is 4. The van der Waals surface area contributed by atoms with Gasteiger partial charge in [-0.05, 0) is 42.7 Å². The van der Waals surface area contributed by atoms with E-state index >= 15 is 0 Å². The third kappa shape index (κ3) is 7.08. The van der Waals surface area contributed by atoms with Gasteiger partial charge in [-0.25, -0.2) is 0 Å². The molecule has 0 fully saturated rings. The molecule has 0 spiro atoms. The van der Waals surface area contributed by atoms with Crippen molar-refractivity contribution in [1.29, 1.82) is 0 Å². The highest BCUT2D eigenvalue weighted by Gasteiger charge is 2.35. The van der Waals surface area contributed by atoms with Crippen molar-refractivity contribution in [3.63, 3.8) is 0 Å². The Morgan fingerprint density at radius 2 is 1.39 bits per heavy atom. The van der Waals surface area contributed by atoms with Gasteiger partial charge in [0.2, 0.25) is 23.7 Å². The molecular weight excluding hydrogens is 503 g/mol. The molecule has 2 aliphatic heterocycles. The number of amides is 2. The molecule has 5 rings (SSSR count). The Labute approximate surface area is 216 Å². The van der Waals surface area contributed by atoms with Gasteiger partial charge >= 0.3 is 12.2 Å². The minimum absolute atomic E-state index is 0.00821. The number of halogens is 3. The van der Waals surface area contributed by atoms with E-state index in [1.54, 1.807) is 44.2 Å². The van der Waals surface area contributed by atoms with Crippen LogP contribution in [-0.4, -0.2) is 39.5 Å². The average molecular weight is 530 g/mol. The second-order valence-electron chi connectivity index (χ2n) is 9.15. The van der Waals surface area contributed by atoms with Gasteiger partial charge in [0, 0.05) is 25.3 Å². The normalized spacial score (nSPS) is 15.9. The van der Waals surface area contributed by atoms with Crippen LogP contribution < -0.4 is 26.0 Å². The zero-order valence-electron chi connectivity index (χ0n) is 20.6. The molecule has 1 aromatic heterocycles. The summed E-state index contributed by atoms with van der Waals surface area (Å²) in [6.07, 6.45) is -4.56. The van der Waals surface area contributed by atoms with Gasteiger partial charge in [0.05, 0.1) is 0 Å². The number of nitrogens with zero attached hydrogens (tertiary/aromatic N) is 3. The summed E-state index contributed by atoms with van der Waals surface area (Å²) in [5, 5.41) is 11.5. The SMILES string of the molecule is CC1(C)C(=O)NCc2ccc(cc2)Nc2nc(nc(OCC(F)(F)F)n2)NCc2cccc(c2)CNC1=O. The van der Waals surface area contributed by atoms with Gasteiger partial charge in [-0.3, -0.25) is 9.59 Å². The molecule has 2 aromatic carbocycles. The van der Waals surface area contributed by atoms with E-state index in [9.17, 15) is 22.8 Å². The van der Waals surface area contributed by atoms with E-state index < -0.39 is 36.0 Å². The highest BCUT2D eigenvalue weighted by atomic mass is 19.4. The van der Waals surface area contributed by atoms with E-state index in [4.69, 9.17) is 4.74 Å².